The van der Waals surface area contributed by atoms with E-state index < -0.39 is 9.52 Å². The van der Waals surface area contributed by atoms with Crippen molar-refractivity contribution in [3.63, 3.8) is 0 Å². The maximum absolute atomic E-state index is 13.2. The van der Waals surface area contributed by atoms with Crippen LogP contribution in [-0.2, 0) is 16.1 Å². The zero-order valence-electron chi connectivity index (χ0n) is 15.4. The fraction of sp³-hybridized carbons (Fsp3) is 0.250. The first kappa shape index (κ1) is 19.5. The van der Waals surface area contributed by atoms with Crippen molar-refractivity contribution in [3.05, 3.63) is 64.8 Å². The van der Waals surface area contributed by atoms with Crippen molar-refractivity contribution in [3.8, 4) is 5.75 Å². The molecule has 1 unspecified atom stereocenters. The van der Waals surface area contributed by atoms with E-state index in [4.69, 9.17) is 16.3 Å². The van der Waals surface area contributed by atoms with Crippen LogP contribution in [0.15, 0.2) is 58.6 Å². The van der Waals surface area contributed by atoms with E-state index >= 15 is 0 Å². The third-order valence-electron chi connectivity index (χ3n) is 4.07. The number of nitrogens with zero attached hydrogens (tertiary/aromatic N) is 3. The Morgan fingerprint density at radius 3 is 2.67 bits per heavy atom. The Morgan fingerprint density at radius 2 is 1.96 bits per heavy atom. The Hall–Kier alpha value is -2.31. The molecule has 0 bridgehead atoms. The number of hydrogen-bond donors (Lipinski definition) is 0. The Bertz CT molecular complexity index is 1030. The molecule has 0 N–H and O–H groups in total. The van der Waals surface area contributed by atoms with Crippen molar-refractivity contribution in [2.45, 2.75) is 36.7 Å². The van der Waals surface area contributed by atoms with Gasteiger partial charge in [-0.3, -0.25) is 4.21 Å². The third-order valence-corrected chi connectivity index (χ3v) is 6.21. The van der Waals surface area contributed by atoms with Gasteiger partial charge in [-0.25, -0.2) is 4.68 Å². The van der Waals surface area contributed by atoms with Crippen LogP contribution in [-0.4, -0.2) is 31.7 Å². The molecule has 3 aromatic rings. The Morgan fingerprint density at radius 1 is 1.22 bits per heavy atom. The number of ether oxygens (including phenoxy) is 1. The van der Waals surface area contributed by atoms with Crippen LogP contribution in [0.5, 0.6) is 5.75 Å². The van der Waals surface area contributed by atoms with Crippen molar-refractivity contribution in [2.75, 3.05) is 6.61 Å². The van der Waals surface area contributed by atoms with Crippen LogP contribution >= 0.6 is 11.6 Å². The Kier molecular flexibility index (Phi) is 5.87. The topological polar surface area (TPSA) is 57.0 Å². The highest BCUT2D eigenvalue weighted by Gasteiger charge is 2.16. The maximum atomic E-state index is 13.2. The number of hydrogen-bond acceptors (Lipinski definition) is 4. The van der Waals surface area contributed by atoms with Crippen LogP contribution in [0.3, 0.4) is 0 Å². The second-order valence-electron chi connectivity index (χ2n) is 6.34. The molecule has 0 spiro atoms. The van der Waals surface area contributed by atoms with Gasteiger partial charge in [-0.05, 0) is 49.5 Å². The van der Waals surface area contributed by atoms with Crippen molar-refractivity contribution >= 4 is 27.0 Å². The highest BCUT2D eigenvalue weighted by molar-refractivity contribution is 8.00. The SMILES string of the molecule is C=S(=O)(c1ccc(C)cc1)c1cn(Cc2cc(Cl)ccc2OCCC)nn1. The molecule has 0 fully saturated rings. The van der Waals surface area contributed by atoms with Gasteiger partial charge in [0.15, 0.2) is 5.03 Å². The van der Waals surface area contributed by atoms with Gasteiger partial charge >= 0.3 is 0 Å². The normalized spacial score (nSPS) is 13.3. The summed E-state index contributed by atoms with van der Waals surface area (Å²) < 4.78 is 20.6. The average Bonchev–Trinajstić information content (AvgIpc) is 3.11. The van der Waals surface area contributed by atoms with E-state index in [-0.39, 0.29) is 0 Å². The summed E-state index contributed by atoms with van der Waals surface area (Å²) in [7, 11) is -2.71. The highest BCUT2D eigenvalue weighted by Crippen LogP contribution is 2.25. The highest BCUT2D eigenvalue weighted by atomic mass is 35.5. The zero-order valence-corrected chi connectivity index (χ0v) is 17.0. The maximum Gasteiger partial charge on any atom is 0.165 e. The van der Waals surface area contributed by atoms with Gasteiger partial charge in [0.2, 0.25) is 0 Å². The third kappa shape index (κ3) is 4.51. The van der Waals surface area contributed by atoms with Gasteiger partial charge in [0.05, 0.1) is 19.3 Å². The molecule has 1 heterocycles. The molecule has 5 nitrogen and oxygen atoms in total. The van der Waals surface area contributed by atoms with Crippen LogP contribution in [0, 0.1) is 6.92 Å². The smallest absolute Gasteiger partial charge is 0.165 e. The molecule has 1 aromatic heterocycles. The van der Waals surface area contributed by atoms with E-state index in [1.54, 1.807) is 16.9 Å². The minimum Gasteiger partial charge on any atom is -0.493 e. The van der Waals surface area contributed by atoms with Crippen molar-refractivity contribution in [1.82, 2.24) is 15.0 Å². The van der Waals surface area contributed by atoms with Gasteiger partial charge in [0.1, 0.15) is 5.75 Å². The number of rotatable bonds is 7. The summed E-state index contributed by atoms with van der Waals surface area (Å²) in [5.74, 6) is 4.66. The van der Waals surface area contributed by atoms with Crippen LogP contribution in [0.2, 0.25) is 5.02 Å². The fourth-order valence-electron chi connectivity index (χ4n) is 2.59. The first-order valence-corrected chi connectivity index (χ1v) is 10.8. The number of aryl methyl sites for hydroxylation is 1. The molecule has 2 aromatic carbocycles. The molecule has 7 heteroatoms. The molecule has 1 atom stereocenters. The lowest BCUT2D eigenvalue weighted by atomic mass is 10.2. The van der Waals surface area contributed by atoms with E-state index in [1.807, 2.05) is 43.3 Å². The Labute approximate surface area is 164 Å². The van der Waals surface area contributed by atoms with Gasteiger partial charge in [-0.2, -0.15) is 0 Å². The summed E-state index contributed by atoms with van der Waals surface area (Å²) >= 11 is 6.13. The van der Waals surface area contributed by atoms with E-state index in [9.17, 15) is 4.21 Å². The van der Waals surface area contributed by atoms with Crippen LogP contribution < -0.4 is 4.74 Å². The summed E-state index contributed by atoms with van der Waals surface area (Å²) in [4.78, 5) is 0.634. The monoisotopic (exact) mass is 403 g/mol. The lowest BCUT2D eigenvalue weighted by molar-refractivity contribution is 0.313. The molecule has 0 radical (unpaired) electrons. The lowest BCUT2D eigenvalue weighted by Gasteiger charge is -2.11. The van der Waals surface area contributed by atoms with Crippen LogP contribution in [0.4, 0.5) is 0 Å². The van der Waals surface area contributed by atoms with E-state index in [2.05, 4.69) is 23.1 Å². The van der Waals surface area contributed by atoms with Crippen molar-refractivity contribution in [2.24, 2.45) is 0 Å². The predicted octanol–water partition coefficient (Wildman–Crippen LogP) is 4.21. The predicted molar refractivity (Wildman–Crippen MR) is 109 cm³/mol. The molecule has 27 heavy (non-hydrogen) atoms. The van der Waals surface area contributed by atoms with E-state index in [1.165, 1.54) is 0 Å². The van der Waals surface area contributed by atoms with Crippen molar-refractivity contribution in [1.29, 1.82) is 0 Å². The second kappa shape index (κ2) is 8.15. The van der Waals surface area contributed by atoms with Gasteiger partial charge in [0, 0.05) is 25.0 Å². The molecule has 0 aliphatic heterocycles. The van der Waals surface area contributed by atoms with E-state index in [0.29, 0.717) is 28.1 Å². The molecular weight excluding hydrogens is 382 g/mol. The molecule has 0 aliphatic rings. The standard InChI is InChI=1S/C20H22ClN3O2S/c1-4-11-26-19-10-7-17(21)12-16(19)13-24-14-20(22-23-24)27(3,25)18-8-5-15(2)6-9-18/h5-10,12,14H,3-4,11,13H2,1-2H3. The van der Waals surface area contributed by atoms with Gasteiger partial charge in [-0.15, -0.1) is 5.10 Å². The zero-order chi connectivity index (χ0) is 19.4. The number of benzene rings is 2. The Balaban J connectivity index is 1.86. The molecule has 142 valence electrons. The van der Waals surface area contributed by atoms with Gasteiger partial charge < -0.3 is 4.74 Å². The fourth-order valence-corrected chi connectivity index (χ4v) is 4.06. The van der Waals surface area contributed by atoms with Crippen LogP contribution in [0.25, 0.3) is 0 Å². The summed E-state index contributed by atoms with van der Waals surface area (Å²) in [6.07, 6.45) is 2.58. The van der Waals surface area contributed by atoms with Crippen LogP contribution in [0.1, 0.15) is 24.5 Å². The minimum absolute atomic E-state index is 0.351. The first-order valence-electron chi connectivity index (χ1n) is 8.65. The molecule has 0 amide bonds. The molecular formula is C20H22ClN3O2S. The summed E-state index contributed by atoms with van der Waals surface area (Å²) in [6.45, 7) is 5.07. The summed E-state index contributed by atoms with van der Waals surface area (Å²) in [6, 6.07) is 12.9. The average molecular weight is 404 g/mol. The number of aromatic nitrogens is 3. The first-order chi connectivity index (χ1) is 12.9. The molecule has 0 aliphatic carbocycles. The van der Waals surface area contributed by atoms with Gasteiger partial charge in [-0.1, -0.05) is 41.4 Å². The second-order valence-corrected chi connectivity index (χ2v) is 9.02. The summed E-state index contributed by atoms with van der Waals surface area (Å²) in [5.41, 5.74) is 1.98. The molecule has 0 saturated heterocycles. The lowest BCUT2D eigenvalue weighted by Crippen LogP contribution is -2.05. The van der Waals surface area contributed by atoms with Crippen molar-refractivity contribution < 1.29 is 8.95 Å². The number of halogens is 1. The molecule has 3 rings (SSSR count). The largest absolute Gasteiger partial charge is 0.493 e. The quantitative estimate of drug-likeness (QED) is 0.554. The van der Waals surface area contributed by atoms with E-state index in [0.717, 1.165) is 23.3 Å². The van der Waals surface area contributed by atoms with Gasteiger partial charge in [0.25, 0.3) is 0 Å². The summed E-state index contributed by atoms with van der Waals surface area (Å²) in [5, 5.41) is 9.19. The molecule has 0 saturated carbocycles. The minimum atomic E-state index is -2.71.